The molecular formula is C140H167BN4. The van der Waals surface area contributed by atoms with Crippen LogP contribution in [0.5, 0.6) is 0 Å². The number of fused-ring (bicyclic) bond motifs is 10. The lowest BCUT2D eigenvalue weighted by Gasteiger charge is -2.46. The molecule has 0 aliphatic carbocycles. The Morgan fingerprint density at radius 2 is 0.490 bits per heavy atom. The molecule has 2 aromatic heterocycles. The van der Waals surface area contributed by atoms with Crippen molar-refractivity contribution in [2.24, 2.45) is 0 Å². The van der Waals surface area contributed by atoms with Gasteiger partial charge in [0.2, 0.25) is 0 Å². The lowest BCUT2D eigenvalue weighted by Crippen LogP contribution is -2.61. The van der Waals surface area contributed by atoms with Crippen molar-refractivity contribution < 1.29 is 12.3 Å². The zero-order valence-corrected chi connectivity index (χ0v) is 95.8. The fourth-order valence-corrected chi connectivity index (χ4v) is 21.4. The molecule has 145 heavy (non-hydrogen) atoms. The van der Waals surface area contributed by atoms with E-state index in [2.05, 4.69) is 421 Å². The molecule has 0 N–H and O–H groups in total. The maximum atomic E-state index is 12.2. The first kappa shape index (κ1) is 92.0. The lowest BCUT2D eigenvalue weighted by molar-refractivity contribution is 0.568. The molecule has 14 aromatic carbocycles. The molecule has 0 bridgehead atoms. The van der Waals surface area contributed by atoms with Gasteiger partial charge in [-0.2, -0.15) is 0 Å². The summed E-state index contributed by atoms with van der Waals surface area (Å²) in [5.74, 6) is 0. The molecule has 5 heteroatoms. The van der Waals surface area contributed by atoms with Crippen molar-refractivity contribution in [3.8, 4) is 67.0 Å². The van der Waals surface area contributed by atoms with Gasteiger partial charge in [-0.1, -0.05) is 430 Å². The van der Waals surface area contributed by atoms with Crippen LogP contribution in [0, 0.1) is 0 Å². The molecule has 0 atom stereocenters. The summed E-state index contributed by atoms with van der Waals surface area (Å²) in [7, 11) is 0. The second-order valence-corrected chi connectivity index (χ2v) is 57.2. The predicted octanol–water partition coefficient (Wildman–Crippen LogP) is 38.5. The highest BCUT2D eigenvalue weighted by Gasteiger charge is 2.48. The molecule has 0 radical (unpaired) electrons. The zero-order valence-electron chi connectivity index (χ0n) is 105. The van der Waals surface area contributed by atoms with E-state index in [1.807, 2.05) is 83.1 Å². The summed E-state index contributed by atoms with van der Waals surface area (Å²) in [5, 5.41) is 4.47. The molecule has 0 fully saturated rings. The summed E-state index contributed by atoms with van der Waals surface area (Å²) in [6, 6.07) is 74.3. The Labute approximate surface area is 886 Å². The third-order valence-corrected chi connectivity index (χ3v) is 30.9. The van der Waals surface area contributed by atoms with Crippen LogP contribution < -0.4 is 26.2 Å². The van der Waals surface area contributed by atoms with Gasteiger partial charge in [-0.05, 0) is 313 Å². The number of hydrogen-bond acceptors (Lipinski definition) is 2. The van der Waals surface area contributed by atoms with E-state index in [9.17, 15) is 12.3 Å². The van der Waals surface area contributed by atoms with Crippen LogP contribution >= 0.6 is 0 Å². The molecule has 0 saturated heterocycles. The maximum Gasteiger partial charge on any atom is 0.252 e. The van der Waals surface area contributed by atoms with Crippen LogP contribution in [0.15, 0.2) is 249 Å². The Morgan fingerprint density at radius 1 is 0.193 bits per heavy atom. The van der Waals surface area contributed by atoms with Crippen LogP contribution in [-0.4, -0.2) is 15.8 Å². The number of benzene rings is 14. The summed E-state index contributed by atoms with van der Waals surface area (Å²) in [6.07, 6.45) is 0. The minimum Gasteiger partial charge on any atom is -0.310 e. The quantitative estimate of drug-likeness (QED) is 0.134. The van der Waals surface area contributed by atoms with Crippen LogP contribution in [0.4, 0.5) is 34.1 Å². The summed E-state index contributed by atoms with van der Waals surface area (Å²) in [5.41, 5.74) is 24.4. The highest BCUT2D eigenvalue weighted by molar-refractivity contribution is 7.00. The summed E-state index contributed by atoms with van der Waals surface area (Å²) in [4.78, 5) is 4.93. The third-order valence-electron chi connectivity index (χ3n) is 30.9. The minimum atomic E-state index is -1.11. The Bertz CT molecular complexity index is 8240. The molecular weight excluding hydrogens is 1750 g/mol. The van der Waals surface area contributed by atoms with Crippen molar-refractivity contribution in [1.29, 1.82) is 0 Å². The molecule has 0 saturated carbocycles. The number of aromatic nitrogens is 2. The second kappa shape index (κ2) is 34.5. The topological polar surface area (TPSA) is 16.3 Å². The number of rotatable bonds is 9. The molecule has 750 valence electrons. The molecule has 16 aromatic rings. The molecule has 4 heterocycles. The van der Waals surface area contributed by atoms with Crippen LogP contribution in [-0.2, 0) is 75.8 Å². The van der Waals surface area contributed by atoms with E-state index in [4.69, 9.17) is 0 Å². The maximum absolute atomic E-state index is 12.2. The van der Waals surface area contributed by atoms with E-state index in [-0.39, 0.29) is 131 Å². The van der Waals surface area contributed by atoms with Gasteiger partial charge in [-0.15, -0.1) is 0 Å². The third kappa shape index (κ3) is 19.1. The van der Waals surface area contributed by atoms with Gasteiger partial charge in [0.1, 0.15) is 0 Å². The normalized spacial score (nSPS) is 15.0. The van der Waals surface area contributed by atoms with Crippen molar-refractivity contribution in [2.45, 2.75) is 367 Å². The molecule has 0 amide bonds. The lowest BCUT2D eigenvalue weighted by atomic mass is 9.33. The van der Waals surface area contributed by atoms with Gasteiger partial charge in [0, 0.05) is 77.9 Å². The molecule has 0 spiro atoms. The van der Waals surface area contributed by atoms with Gasteiger partial charge in [0.25, 0.3) is 6.71 Å². The molecule has 18 rings (SSSR count). The van der Waals surface area contributed by atoms with Crippen molar-refractivity contribution >= 4 is 101 Å². The SMILES string of the molecule is [2H]c1c([2H])c(C(C)(C)C)c([2H])c([2H])c1-c1c([2H])c(C(C)(C)C)c([2H])c(-c2c([2H])c(C(C)(C)C)c([2H])c([2H])c2C(C)(C)C)c1N1c2cc(-n3c4ccc(C(C)(C)C)cc4c4cc(C(C)(C)C)ccc43)ccc2B2c3ccc(-n4c5ccc(C(C)(C)C)cc5c5cc(C(C)(C)C)ccc54)cc3N(c3c(-c4ccc(C(C)(C)C)cc4)cc(C(C)(C)C)cc3-c3cc(C(C)(C)C)cc(C(C)(C)C)c3)c3cc(-c4cc(C(C)(C)C)cc(C(C)(C)C)c4)cc1c32. The van der Waals surface area contributed by atoms with Crippen LogP contribution in [0.3, 0.4) is 0 Å². The van der Waals surface area contributed by atoms with Gasteiger partial charge in [0.15, 0.2) is 0 Å². The number of hydrogen-bond donors (Lipinski definition) is 0. The number of anilines is 6. The van der Waals surface area contributed by atoms with E-state index in [1.165, 1.54) is 38.9 Å². The summed E-state index contributed by atoms with van der Waals surface area (Å²) < 4.78 is 106. The molecule has 2 aliphatic rings. The van der Waals surface area contributed by atoms with Crippen molar-refractivity contribution in [3.63, 3.8) is 0 Å². The first-order valence-electron chi connectivity index (χ1n) is 57.8. The largest absolute Gasteiger partial charge is 0.310 e. The van der Waals surface area contributed by atoms with Crippen molar-refractivity contribution in [3.05, 3.63) is 326 Å². The van der Waals surface area contributed by atoms with Crippen LogP contribution in [0.25, 0.3) is 111 Å². The van der Waals surface area contributed by atoms with E-state index in [1.54, 1.807) is 0 Å². The summed E-state index contributed by atoms with van der Waals surface area (Å²) in [6.45, 7) is 92.2. The van der Waals surface area contributed by atoms with Gasteiger partial charge in [-0.25, -0.2) is 0 Å². The van der Waals surface area contributed by atoms with Crippen LogP contribution in [0.2, 0.25) is 0 Å². The highest BCUT2D eigenvalue weighted by atomic mass is 15.2. The van der Waals surface area contributed by atoms with Crippen LogP contribution in [0.1, 0.15) is 381 Å². The van der Waals surface area contributed by atoms with E-state index < -0.39 is 44.6 Å². The first-order valence-corrected chi connectivity index (χ1v) is 53.3. The van der Waals surface area contributed by atoms with E-state index in [0.29, 0.717) is 22.5 Å². The predicted molar refractivity (Wildman–Crippen MR) is 638 cm³/mol. The highest BCUT2D eigenvalue weighted by Crippen LogP contribution is 2.59. The van der Waals surface area contributed by atoms with E-state index in [0.717, 1.165) is 139 Å². The number of nitrogens with zero attached hydrogens (tertiary/aromatic N) is 4. The minimum absolute atomic E-state index is 0.0222. The fraction of sp³-hybridized carbons (Fsp3) is 0.400. The van der Waals surface area contributed by atoms with E-state index >= 15 is 0 Å². The standard InChI is InChI=1S/C140H167BN4/c1-127(2,3)89-47-43-84(44-48-89)104-78-100(138(34,35)36)80-106(88-67-98(136(28,29)30)72-99(68-88)137(31,32)33)125(104)144-120-82-102(142-116-61-52-92(130(10,11)12)74-108(116)109-75-93(131(13,14)15)53-62-117(109)142)56-59-114(120)141-115-60-57-103(143-118-63-54-94(132(16,17)18)76-110(118)111-77-95(133(19,20)21)55-64-119(111)143)83-121(115)145(123-70-87(69-122(144)124(123)141)86-65-96(134(22,23)24)71-97(66-86)135(25,26)27)126-105(85-45-49-90(50-46-85)128(4,5)6)79-101(139(37,38)39)81-112(126)107-73-91(129(7,8)9)51-58-113(107)140(40,41)42/h43-83H,1-42H3/i45D,46D,49D,50D,51D,58D,73D,79D,81D. The van der Waals surface area contributed by atoms with Gasteiger partial charge >= 0.3 is 0 Å². The smallest absolute Gasteiger partial charge is 0.252 e. The summed E-state index contributed by atoms with van der Waals surface area (Å²) >= 11 is 0. The van der Waals surface area contributed by atoms with Crippen molar-refractivity contribution in [2.75, 3.05) is 9.80 Å². The Kier molecular flexibility index (Phi) is 21.9. The monoisotopic (exact) mass is 1920 g/mol. The first-order chi connectivity index (χ1) is 70.5. The van der Waals surface area contributed by atoms with Gasteiger partial charge in [-0.3, -0.25) is 0 Å². The average molecular weight is 1930 g/mol. The zero-order chi connectivity index (χ0) is 114. The van der Waals surface area contributed by atoms with Gasteiger partial charge < -0.3 is 18.9 Å². The average Bonchev–Trinajstić information content (AvgIpc) is 0.948. The molecule has 2 aliphatic heterocycles. The molecule has 0 unspecified atom stereocenters. The van der Waals surface area contributed by atoms with Gasteiger partial charge in [0.05, 0.1) is 45.8 Å². The second-order valence-electron chi connectivity index (χ2n) is 57.2. The van der Waals surface area contributed by atoms with Crippen molar-refractivity contribution in [1.82, 2.24) is 9.13 Å². The molecule has 4 nitrogen and oxygen atoms in total. The Morgan fingerprint density at radius 3 is 0.834 bits per heavy atom. The Balaban J connectivity index is 1.18. The Hall–Kier alpha value is -11.7. The fourth-order valence-electron chi connectivity index (χ4n) is 21.4.